The average Bonchev–Trinajstić information content (AvgIpc) is 3.91. The quantitative estimate of drug-likeness (QED) is 0.179. The second-order valence-corrected chi connectivity index (χ2v) is 26.4. The number of furan rings is 2. The van der Waals surface area contributed by atoms with Gasteiger partial charge in [-0.2, -0.15) is 0 Å². The largest absolute Gasteiger partial charge is 0.456 e. The molecule has 4 nitrogen and oxygen atoms in total. The van der Waals surface area contributed by atoms with Gasteiger partial charge in [0.25, 0.3) is 0 Å². The van der Waals surface area contributed by atoms with Gasteiger partial charge in [-0.15, -0.1) is 0 Å². The maximum absolute atomic E-state index is 7.25. The molecular weight excluding hydrogens is 876 g/mol. The number of hydrogen-bond acceptors (Lipinski definition) is 4. The molecule has 0 saturated heterocycles. The van der Waals surface area contributed by atoms with E-state index in [-0.39, 0.29) is 32.5 Å². The third-order valence-electron chi connectivity index (χ3n) is 18.8. The van der Waals surface area contributed by atoms with Gasteiger partial charge in [-0.25, -0.2) is 0 Å². The summed E-state index contributed by atoms with van der Waals surface area (Å²) in [6.45, 7) is 31.6. The second kappa shape index (κ2) is 15.0. The van der Waals surface area contributed by atoms with Crippen LogP contribution in [-0.4, -0.2) is 7.28 Å². The lowest BCUT2D eigenvalue weighted by Gasteiger charge is -2.44. The average molecular weight is 946 g/mol. The van der Waals surface area contributed by atoms with Crippen molar-refractivity contribution < 1.29 is 8.83 Å². The number of aryl methyl sites for hydroxylation is 1. The molecule has 3 aliphatic carbocycles. The van der Waals surface area contributed by atoms with E-state index in [1.54, 1.807) is 0 Å². The molecule has 0 atom stereocenters. The van der Waals surface area contributed by atoms with Gasteiger partial charge in [0.15, 0.2) is 12.9 Å². The molecule has 1 radical (unpaired) electrons. The fourth-order valence-electron chi connectivity index (χ4n) is 13.8. The van der Waals surface area contributed by atoms with Gasteiger partial charge in [-0.3, -0.25) is 0 Å². The minimum absolute atomic E-state index is 0.00789. The summed E-state index contributed by atoms with van der Waals surface area (Å²) in [5, 5.41) is 8.70. The Kier molecular flexibility index (Phi) is 9.48. The Bertz CT molecular complexity index is 3790. The van der Waals surface area contributed by atoms with Crippen LogP contribution < -0.4 is 21.1 Å². The lowest BCUT2D eigenvalue weighted by atomic mass is 9.56. The van der Waals surface area contributed by atoms with Crippen LogP contribution in [0.2, 0.25) is 0 Å². The first kappa shape index (κ1) is 45.7. The molecule has 0 saturated carbocycles. The van der Waals surface area contributed by atoms with Gasteiger partial charge in [-0.05, 0) is 194 Å². The molecule has 7 aromatic carbocycles. The summed E-state index contributed by atoms with van der Waals surface area (Å²) in [6, 6.07) is 41.6. The van der Waals surface area contributed by atoms with Gasteiger partial charge < -0.3 is 19.1 Å². The van der Waals surface area contributed by atoms with Crippen molar-refractivity contribution in [3.63, 3.8) is 0 Å². The first-order valence-corrected chi connectivity index (χ1v) is 26.9. The van der Waals surface area contributed by atoms with Crippen LogP contribution in [0.1, 0.15) is 161 Å². The van der Waals surface area contributed by atoms with Crippen molar-refractivity contribution in [2.75, 3.05) is 10.2 Å². The molecule has 363 valence electrons. The van der Waals surface area contributed by atoms with Crippen LogP contribution in [-0.2, 0) is 32.5 Å². The van der Waals surface area contributed by atoms with Crippen molar-refractivity contribution in [1.82, 2.24) is 0 Å². The summed E-state index contributed by atoms with van der Waals surface area (Å²) in [5.41, 5.74) is 24.2. The Hall–Kier alpha value is -6.20. The molecule has 0 spiro atoms. The summed E-state index contributed by atoms with van der Waals surface area (Å²) < 4.78 is 14.0. The molecule has 0 bridgehead atoms. The van der Waals surface area contributed by atoms with Gasteiger partial charge in [0, 0.05) is 49.9 Å². The molecule has 0 amide bonds. The smallest absolute Gasteiger partial charge is 0.199 e. The Morgan fingerprint density at radius 1 is 0.444 bits per heavy atom. The number of nitrogens with one attached hydrogen (secondary N) is 1. The first-order chi connectivity index (χ1) is 34.0. The van der Waals surface area contributed by atoms with E-state index in [1.165, 1.54) is 68.6 Å². The zero-order valence-electron chi connectivity index (χ0n) is 45.0. The molecule has 72 heavy (non-hydrogen) atoms. The number of anilines is 5. The molecular formula is C67H70BN2O2. The predicted octanol–water partition coefficient (Wildman–Crippen LogP) is 17.7. The van der Waals surface area contributed by atoms with Gasteiger partial charge in [0.1, 0.15) is 16.7 Å². The fraction of sp³-hybridized carbons (Fsp3) is 0.373. The van der Waals surface area contributed by atoms with Crippen molar-refractivity contribution in [2.45, 2.75) is 161 Å². The first-order valence-electron chi connectivity index (χ1n) is 26.9. The van der Waals surface area contributed by atoms with Crippen LogP contribution in [0.25, 0.3) is 55.0 Å². The number of nitrogens with zero attached hydrogens (tertiary/aromatic N) is 1. The topological polar surface area (TPSA) is 41.6 Å². The highest BCUT2D eigenvalue weighted by molar-refractivity contribution is 6.76. The second-order valence-electron chi connectivity index (χ2n) is 26.4. The molecule has 4 aliphatic rings. The lowest BCUT2D eigenvalue weighted by molar-refractivity contribution is 0.332. The summed E-state index contributed by atoms with van der Waals surface area (Å²) in [7, 11) is 2.48. The number of rotatable bonds is 4. The van der Waals surface area contributed by atoms with Gasteiger partial charge >= 0.3 is 0 Å². The summed E-state index contributed by atoms with van der Waals surface area (Å²) in [4.78, 5) is 2.58. The van der Waals surface area contributed by atoms with Crippen LogP contribution in [0.5, 0.6) is 0 Å². The zero-order valence-corrected chi connectivity index (χ0v) is 45.0. The highest BCUT2D eigenvalue weighted by Crippen LogP contribution is 2.55. The SMILES string of the molecule is Cc1cc2c(cc1N1c3ccc4oc5ccccc5c4c3[B]c3c(-c4cc5c(cc4Nc4ccc6c(c4)C(C)(C)CCC6(C)C)C(C)(C)CCC5(C)C)cc4c(oc5ccccc54)c31)C(C)(C)CCC2(C)C. The molecule has 9 aromatic rings. The van der Waals surface area contributed by atoms with Crippen molar-refractivity contribution in [3.8, 4) is 11.1 Å². The maximum atomic E-state index is 7.25. The normalized spacial score (nSPS) is 19.6. The molecule has 5 heteroatoms. The van der Waals surface area contributed by atoms with Crippen molar-refractivity contribution >= 4 is 90.5 Å². The van der Waals surface area contributed by atoms with Crippen molar-refractivity contribution in [3.05, 3.63) is 148 Å². The molecule has 0 unspecified atom stereocenters. The van der Waals surface area contributed by atoms with Gasteiger partial charge in [0.2, 0.25) is 0 Å². The molecule has 2 aromatic heterocycles. The Labute approximate surface area is 427 Å². The van der Waals surface area contributed by atoms with E-state index in [0.29, 0.717) is 0 Å². The van der Waals surface area contributed by atoms with Gasteiger partial charge in [-0.1, -0.05) is 132 Å². The lowest BCUT2D eigenvalue weighted by Crippen LogP contribution is -2.42. The van der Waals surface area contributed by atoms with E-state index in [1.807, 2.05) is 0 Å². The van der Waals surface area contributed by atoms with Crippen molar-refractivity contribution in [1.29, 1.82) is 0 Å². The van der Waals surface area contributed by atoms with Crippen LogP contribution in [0.3, 0.4) is 0 Å². The van der Waals surface area contributed by atoms with E-state index in [2.05, 4.69) is 217 Å². The highest BCUT2D eigenvalue weighted by Gasteiger charge is 2.43. The fourth-order valence-corrected chi connectivity index (χ4v) is 13.8. The van der Waals surface area contributed by atoms with Crippen molar-refractivity contribution in [2.24, 2.45) is 0 Å². The highest BCUT2D eigenvalue weighted by atomic mass is 16.3. The molecule has 0 fully saturated rings. The summed E-state index contributed by atoms with van der Waals surface area (Å²) in [6.07, 6.45) is 6.92. The van der Waals surface area contributed by atoms with E-state index < -0.39 is 0 Å². The molecule has 3 heterocycles. The third-order valence-corrected chi connectivity index (χ3v) is 18.8. The van der Waals surface area contributed by atoms with Crippen LogP contribution >= 0.6 is 0 Å². The zero-order chi connectivity index (χ0) is 50.2. The summed E-state index contributed by atoms with van der Waals surface area (Å²) in [5.74, 6) is 0. The number of fused-ring (bicyclic) bond motifs is 13. The van der Waals surface area contributed by atoms with Crippen LogP contribution in [0, 0.1) is 6.92 Å². The van der Waals surface area contributed by atoms with Crippen LogP contribution in [0.4, 0.5) is 28.4 Å². The standard InChI is InChI=1S/C67H70BN2O2/c1-38-32-46-50(67(12,13)31-28-63(46,4)5)37-53(38)70-52-24-25-56-57(41-19-15-17-21-55(41)71-56)59(52)68-58-43(34-44-40-18-14-16-20-54(40)72-61(44)60(58)70)42-35-48-49(66(10,11)30-29-65(48,8)9)36-51(42)69-39-22-23-45-47(33-39)64(6,7)27-26-62(45,2)3/h14-25,32-37,69H,26-31H2,1-13H3. The van der Waals surface area contributed by atoms with E-state index >= 15 is 0 Å². The maximum Gasteiger partial charge on any atom is 0.199 e. The number of para-hydroxylation sites is 2. The Morgan fingerprint density at radius 2 is 0.986 bits per heavy atom. The summed E-state index contributed by atoms with van der Waals surface area (Å²) >= 11 is 0. The minimum Gasteiger partial charge on any atom is -0.456 e. The monoisotopic (exact) mass is 946 g/mol. The Balaban J connectivity index is 1.15. The van der Waals surface area contributed by atoms with Gasteiger partial charge in [0.05, 0.1) is 5.69 Å². The molecule has 13 rings (SSSR count). The minimum atomic E-state index is -0.0168. The third kappa shape index (κ3) is 6.63. The Morgan fingerprint density at radius 3 is 1.64 bits per heavy atom. The number of benzene rings is 7. The van der Waals surface area contributed by atoms with E-state index in [9.17, 15) is 0 Å². The van der Waals surface area contributed by atoms with Crippen LogP contribution in [0.15, 0.2) is 118 Å². The molecule has 1 N–H and O–H groups in total. The van der Waals surface area contributed by atoms with E-state index in [4.69, 9.17) is 8.83 Å². The number of hydrogen-bond donors (Lipinski definition) is 1. The van der Waals surface area contributed by atoms with E-state index in [0.717, 1.165) is 103 Å². The molecule has 1 aliphatic heterocycles. The predicted molar refractivity (Wildman–Crippen MR) is 306 cm³/mol.